The summed E-state index contributed by atoms with van der Waals surface area (Å²) in [5.41, 5.74) is 1.20. The maximum absolute atomic E-state index is 13.5. The van der Waals surface area contributed by atoms with E-state index in [9.17, 15) is 9.18 Å². The van der Waals surface area contributed by atoms with Crippen LogP contribution in [-0.2, 0) is 22.6 Å². The Morgan fingerprint density at radius 3 is 2.85 bits per heavy atom. The van der Waals surface area contributed by atoms with Crippen LogP contribution in [0.3, 0.4) is 0 Å². The number of aryl methyl sites for hydroxylation is 1. The van der Waals surface area contributed by atoms with Crippen LogP contribution in [0.5, 0.6) is 5.75 Å². The van der Waals surface area contributed by atoms with Gasteiger partial charge in [-0.05, 0) is 30.2 Å². The van der Waals surface area contributed by atoms with Crippen molar-refractivity contribution >= 4 is 5.97 Å². The van der Waals surface area contributed by atoms with Gasteiger partial charge in [0.1, 0.15) is 11.6 Å². The molecule has 7 heteroatoms. The van der Waals surface area contributed by atoms with Gasteiger partial charge in [0.05, 0.1) is 7.11 Å². The predicted octanol–water partition coefficient (Wildman–Crippen LogP) is 3.56. The zero-order valence-electron chi connectivity index (χ0n) is 14.1. The van der Waals surface area contributed by atoms with Crippen LogP contribution in [0.15, 0.2) is 53.1 Å². The summed E-state index contributed by atoms with van der Waals surface area (Å²) in [6.07, 6.45) is 0.336. The fraction of sp³-hybridized carbons (Fsp3) is 0.211. The third-order valence-electron chi connectivity index (χ3n) is 3.71. The summed E-state index contributed by atoms with van der Waals surface area (Å²) in [4.78, 5) is 16.0. The van der Waals surface area contributed by atoms with Gasteiger partial charge < -0.3 is 14.0 Å². The number of carbonyl (C=O) groups is 1. The number of hydrogen-bond donors (Lipinski definition) is 0. The molecule has 0 radical (unpaired) electrons. The molecule has 3 rings (SSSR count). The van der Waals surface area contributed by atoms with Gasteiger partial charge in [-0.25, -0.2) is 4.39 Å². The third-order valence-corrected chi connectivity index (χ3v) is 3.71. The van der Waals surface area contributed by atoms with Gasteiger partial charge in [0, 0.05) is 12.0 Å². The lowest BCUT2D eigenvalue weighted by Gasteiger charge is -2.03. The molecule has 0 saturated heterocycles. The summed E-state index contributed by atoms with van der Waals surface area (Å²) in [5, 5.41) is 3.86. The van der Waals surface area contributed by atoms with Crippen molar-refractivity contribution in [3.63, 3.8) is 0 Å². The number of aromatic nitrogens is 2. The lowest BCUT2D eigenvalue weighted by atomic mass is 10.1. The molecule has 2 aromatic carbocycles. The van der Waals surface area contributed by atoms with Crippen LogP contribution in [0.25, 0.3) is 11.4 Å². The van der Waals surface area contributed by atoms with Gasteiger partial charge in [0.25, 0.3) is 5.89 Å². The Kier molecular flexibility index (Phi) is 5.58. The van der Waals surface area contributed by atoms with Crippen molar-refractivity contribution in [3.8, 4) is 17.1 Å². The molecule has 0 atom stereocenters. The van der Waals surface area contributed by atoms with Gasteiger partial charge in [0.15, 0.2) is 6.61 Å². The molecule has 6 nitrogen and oxygen atoms in total. The zero-order valence-corrected chi connectivity index (χ0v) is 14.1. The molecule has 1 heterocycles. The van der Waals surface area contributed by atoms with Crippen LogP contribution in [0.1, 0.15) is 17.9 Å². The Morgan fingerprint density at radius 2 is 2.04 bits per heavy atom. The molecule has 134 valence electrons. The highest BCUT2D eigenvalue weighted by Crippen LogP contribution is 2.21. The smallest absolute Gasteiger partial charge is 0.306 e. The van der Waals surface area contributed by atoms with Crippen molar-refractivity contribution in [2.75, 3.05) is 7.11 Å². The van der Waals surface area contributed by atoms with Crippen LogP contribution in [0.4, 0.5) is 4.39 Å². The van der Waals surface area contributed by atoms with Gasteiger partial charge in [0.2, 0.25) is 5.82 Å². The summed E-state index contributed by atoms with van der Waals surface area (Å²) in [5.74, 6) is 0.436. The Labute approximate surface area is 149 Å². The summed E-state index contributed by atoms with van der Waals surface area (Å²) >= 11 is 0. The topological polar surface area (TPSA) is 74.5 Å². The minimum Gasteiger partial charge on any atom is -0.497 e. The number of ether oxygens (including phenoxy) is 2. The van der Waals surface area contributed by atoms with E-state index in [0.29, 0.717) is 17.1 Å². The molecule has 0 N–H and O–H groups in total. The Morgan fingerprint density at radius 1 is 1.19 bits per heavy atom. The van der Waals surface area contributed by atoms with Crippen LogP contribution in [0.2, 0.25) is 0 Å². The summed E-state index contributed by atoms with van der Waals surface area (Å²) < 4.78 is 28.9. The van der Waals surface area contributed by atoms with E-state index in [4.69, 9.17) is 14.0 Å². The second-order valence-electron chi connectivity index (χ2n) is 5.50. The van der Waals surface area contributed by atoms with Crippen molar-refractivity contribution in [3.05, 3.63) is 65.8 Å². The van der Waals surface area contributed by atoms with Gasteiger partial charge >= 0.3 is 5.97 Å². The first-order chi connectivity index (χ1) is 12.7. The third kappa shape index (κ3) is 4.44. The number of methoxy groups -OCH3 is 1. The first-order valence-corrected chi connectivity index (χ1v) is 8.02. The van der Waals surface area contributed by atoms with E-state index in [1.807, 2.05) is 18.2 Å². The molecule has 0 aliphatic heterocycles. The second-order valence-corrected chi connectivity index (χ2v) is 5.50. The molecule has 0 unspecified atom stereocenters. The monoisotopic (exact) mass is 356 g/mol. The zero-order chi connectivity index (χ0) is 18.4. The van der Waals surface area contributed by atoms with E-state index in [0.717, 1.165) is 5.56 Å². The predicted molar refractivity (Wildman–Crippen MR) is 90.8 cm³/mol. The molecule has 0 fully saturated rings. The number of esters is 1. The van der Waals surface area contributed by atoms with Gasteiger partial charge in [-0.3, -0.25) is 4.79 Å². The lowest BCUT2D eigenvalue weighted by Crippen LogP contribution is -2.06. The van der Waals surface area contributed by atoms with Gasteiger partial charge in [-0.2, -0.15) is 4.98 Å². The highest BCUT2D eigenvalue weighted by molar-refractivity contribution is 5.69. The van der Waals surface area contributed by atoms with Crippen molar-refractivity contribution in [1.82, 2.24) is 10.1 Å². The van der Waals surface area contributed by atoms with Crippen molar-refractivity contribution in [2.45, 2.75) is 19.4 Å². The molecule has 0 spiro atoms. The highest BCUT2D eigenvalue weighted by Gasteiger charge is 2.12. The molecule has 0 aliphatic rings. The Balaban J connectivity index is 1.53. The normalized spacial score (nSPS) is 10.5. The first kappa shape index (κ1) is 17.6. The van der Waals surface area contributed by atoms with Crippen LogP contribution >= 0.6 is 0 Å². The summed E-state index contributed by atoms with van der Waals surface area (Å²) in [6, 6.07) is 13.5. The molecule has 0 amide bonds. The number of halogens is 1. The van der Waals surface area contributed by atoms with E-state index < -0.39 is 5.97 Å². The van der Waals surface area contributed by atoms with E-state index in [1.54, 1.807) is 31.4 Å². The van der Waals surface area contributed by atoms with E-state index >= 15 is 0 Å². The fourth-order valence-electron chi connectivity index (χ4n) is 2.35. The maximum Gasteiger partial charge on any atom is 0.306 e. The highest BCUT2D eigenvalue weighted by atomic mass is 19.1. The van der Waals surface area contributed by atoms with Gasteiger partial charge in [-0.1, -0.05) is 35.5 Å². The number of rotatable bonds is 7. The first-order valence-electron chi connectivity index (χ1n) is 8.02. The number of benzene rings is 2. The van der Waals surface area contributed by atoms with Crippen LogP contribution in [0, 0.1) is 5.82 Å². The fourth-order valence-corrected chi connectivity index (χ4v) is 2.35. The summed E-state index contributed by atoms with van der Waals surface area (Å²) in [7, 11) is 1.57. The molecule has 3 aromatic rings. The van der Waals surface area contributed by atoms with Crippen molar-refractivity contribution in [2.24, 2.45) is 0 Å². The maximum atomic E-state index is 13.5. The standard InChI is InChI=1S/C19H17FN2O4/c1-24-15-7-4-6-14(11-15)19-21-17(26-22-19)12-25-18(23)10-9-13-5-2-3-8-16(13)20/h2-8,11H,9-10,12H2,1H3. The van der Waals surface area contributed by atoms with E-state index in [-0.39, 0.29) is 31.2 Å². The van der Waals surface area contributed by atoms with Crippen molar-refractivity contribution in [1.29, 1.82) is 0 Å². The average molecular weight is 356 g/mol. The van der Waals surface area contributed by atoms with E-state index in [2.05, 4.69) is 10.1 Å². The Bertz CT molecular complexity index is 895. The number of nitrogens with zero attached hydrogens (tertiary/aromatic N) is 2. The molecule has 0 saturated carbocycles. The molecule has 1 aromatic heterocycles. The SMILES string of the molecule is COc1cccc(-c2noc(COC(=O)CCc3ccccc3F)n2)c1. The number of hydrogen-bond acceptors (Lipinski definition) is 6. The minimum absolute atomic E-state index is 0.0673. The molecule has 26 heavy (non-hydrogen) atoms. The minimum atomic E-state index is -0.464. The number of carbonyl (C=O) groups excluding carboxylic acids is 1. The molecular formula is C19H17FN2O4. The lowest BCUT2D eigenvalue weighted by molar-refractivity contribution is -0.145. The van der Waals surface area contributed by atoms with Gasteiger partial charge in [-0.15, -0.1) is 0 Å². The van der Waals surface area contributed by atoms with E-state index in [1.165, 1.54) is 6.07 Å². The largest absolute Gasteiger partial charge is 0.497 e. The average Bonchev–Trinajstić information content (AvgIpc) is 3.15. The van der Waals surface area contributed by atoms with Crippen LogP contribution in [-0.4, -0.2) is 23.2 Å². The quantitative estimate of drug-likeness (QED) is 0.603. The van der Waals surface area contributed by atoms with Crippen LogP contribution < -0.4 is 4.74 Å². The molecular weight excluding hydrogens is 339 g/mol. The summed E-state index contributed by atoms with van der Waals surface area (Å²) in [6.45, 7) is -0.132. The Hall–Kier alpha value is -3.22. The second kappa shape index (κ2) is 8.24. The molecule has 0 aliphatic carbocycles. The molecule has 0 bridgehead atoms. The van der Waals surface area contributed by atoms with Crippen molar-refractivity contribution < 1.29 is 23.2 Å².